The van der Waals surface area contributed by atoms with Crippen LogP contribution in [0.3, 0.4) is 0 Å². The smallest absolute Gasteiger partial charge is 0.146 e. The Hall–Kier alpha value is -5.61. The van der Waals surface area contributed by atoms with Crippen LogP contribution in [0.1, 0.15) is 0 Å². The molecule has 10 aromatic rings. The molecule has 0 bridgehead atoms. The summed E-state index contributed by atoms with van der Waals surface area (Å²) >= 11 is 0. The number of benzene rings is 6. The molecule has 10 rings (SSSR count). The molecule has 0 aliphatic rings. The second-order valence-corrected chi connectivity index (χ2v) is 10.8. The zero-order valence-electron chi connectivity index (χ0n) is 21.9. The maximum Gasteiger partial charge on any atom is 0.146 e. The summed E-state index contributed by atoms with van der Waals surface area (Å²) in [5, 5.41) is 8.38. The van der Waals surface area contributed by atoms with E-state index in [0.29, 0.717) is 0 Å². The molecule has 0 unspecified atom stereocenters. The monoisotopic (exact) mass is 523 g/mol. The summed E-state index contributed by atoms with van der Waals surface area (Å²) in [6.07, 6.45) is 0. The van der Waals surface area contributed by atoms with Crippen molar-refractivity contribution in [3.8, 4) is 5.69 Å². The maximum absolute atomic E-state index is 6.16. The number of hydrogen-bond donors (Lipinski definition) is 0. The molecule has 0 radical (unpaired) electrons. The molecule has 0 spiro atoms. The van der Waals surface area contributed by atoms with Crippen LogP contribution in [0.5, 0.6) is 0 Å². The van der Waals surface area contributed by atoms with Gasteiger partial charge in [-0.2, -0.15) is 0 Å². The molecule has 0 atom stereocenters. The van der Waals surface area contributed by atoms with Crippen molar-refractivity contribution in [3.05, 3.63) is 127 Å². The molecular formula is C37H21N3O. The van der Waals surface area contributed by atoms with Crippen LogP contribution in [-0.4, -0.2) is 14.0 Å². The molecule has 0 aliphatic carbocycles. The molecule has 0 saturated heterocycles. The summed E-state index contributed by atoms with van der Waals surface area (Å²) in [5.41, 5.74) is 9.59. The first-order valence-electron chi connectivity index (χ1n) is 13.9. The lowest BCUT2D eigenvalue weighted by atomic mass is 10.0. The fraction of sp³-hybridized carbons (Fsp3) is 0. The highest BCUT2D eigenvalue weighted by molar-refractivity contribution is 6.29. The van der Waals surface area contributed by atoms with Crippen LogP contribution in [-0.2, 0) is 0 Å². The summed E-state index contributed by atoms with van der Waals surface area (Å²) in [6, 6.07) is 45.2. The van der Waals surface area contributed by atoms with Gasteiger partial charge in [-0.15, -0.1) is 0 Å². The van der Waals surface area contributed by atoms with Crippen LogP contribution in [0.4, 0.5) is 0 Å². The van der Waals surface area contributed by atoms with Gasteiger partial charge in [0.15, 0.2) is 0 Å². The van der Waals surface area contributed by atoms with Gasteiger partial charge in [0.1, 0.15) is 16.8 Å². The Morgan fingerprint density at radius 3 is 2.02 bits per heavy atom. The average Bonchev–Trinajstić information content (AvgIpc) is 3.70. The van der Waals surface area contributed by atoms with E-state index in [1.807, 2.05) is 12.1 Å². The topological polar surface area (TPSA) is 35.4 Å². The largest absolute Gasteiger partial charge is 0.456 e. The molecular weight excluding hydrogens is 502 g/mol. The number of furan rings is 1. The second-order valence-electron chi connectivity index (χ2n) is 10.8. The molecule has 4 nitrogen and oxygen atoms in total. The second kappa shape index (κ2) is 7.52. The van der Waals surface area contributed by atoms with E-state index >= 15 is 0 Å². The number of nitrogens with zero attached hydrogens (tertiary/aromatic N) is 3. The van der Waals surface area contributed by atoms with Gasteiger partial charge in [-0.1, -0.05) is 72.8 Å². The highest BCUT2D eigenvalue weighted by Crippen LogP contribution is 2.42. The molecule has 0 amide bonds. The van der Waals surface area contributed by atoms with E-state index in [4.69, 9.17) is 9.40 Å². The van der Waals surface area contributed by atoms with E-state index in [1.165, 1.54) is 38.1 Å². The standard InChI is InChI=1S/C37H21N3O/c1-2-11-25-24(10-1)35-32(40-30-15-7-5-13-28(30)38-37(25)40)19-18-31-36(35)26-12-3-6-14-29(26)39(31)22-17-20-34-27(21-22)23-9-4-8-16-33(23)41-34/h1-21H. The van der Waals surface area contributed by atoms with Crippen LogP contribution in [0, 0.1) is 0 Å². The van der Waals surface area contributed by atoms with Gasteiger partial charge >= 0.3 is 0 Å². The molecule has 190 valence electrons. The SMILES string of the molecule is c1ccc2c(c1)nc1c3ccccc3c3c4c5ccccc5n(-c5ccc6oc7ccccc7c6c5)c4ccc3n21. The molecule has 4 heterocycles. The summed E-state index contributed by atoms with van der Waals surface area (Å²) < 4.78 is 10.9. The zero-order chi connectivity index (χ0) is 26.7. The molecule has 0 saturated carbocycles. The van der Waals surface area contributed by atoms with Crippen LogP contribution in [0.25, 0.3) is 87.8 Å². The first-order valence-corrected chi connectivity index (χ1v) is 13.9. The summed E-state index contributed by atoms with van der Waals surface area (Å²) in [7, 11) is 0. The van der Waals surface area contributed by atoms with E-state index in [2.05, 4.69) is 124 Å². The van der Waals surface area contributed by atoms with Crippen LogP contribution < -0.4 is 0 Å². The molecule has 0 N–H and O–H groups in total. The van der Waals surface area contributed by atoms with E-state index in [1.54, 1.807) is 0 Å². The Morgan fingerprint density at radius 1 is 0.463 bits per heavy atom. The van der Waals surface area contributed by atoms with Gasteiger partial charge < -0.3 is 8.98 Å². The summed E-state index contributed by atoms with van der Waals surface area (Å²) in [6.45, 7) is 0. The highest BCUT2D eigenvalue weighted by Gasteiger charge is 2.20. The summed E-state index contributed by atoms with van der Waals surface area (Å²) in [4.78, 5) is 5.09. The van der Waals surface area contributed by atoms with Crippen molar-refractivity contribution >= 4 is 82.1 Å². The van der Waals surface area contributed by atoms with Gasteiger partial charge in [0.25, 0.3) is 0 Å². The van der Waals surface area contributed by atoms with Crippen molar-refractivity contribution in [2.75, 3.05) is 0 Å². The first kappa shape index (κ1) is 21.2. The lowest BCUT2D eigenvalue weighted by Gasteiger charge is -2.12. The molecule has 41 heavy (non-hydrogen) atoms. The maximum atomic E-state index is 6.16. The fourth-order valence-electron chi connectivity index (χ4n) is 6.99. The normalized spacial score (nSPS) is 12.4. The van der Waals surface area contributed by atoms with Crippen LogP contribution >= 0.6 is 0 Å². The van der Waals surface area contributed by atoms with Crippen LogP contribution in [0.15, 0.2) is 132 Å². The first-order chi connectivity index (χ1) is 20.3. The predicted molar refractivity (Wildman–Crippen MR) is 169 cm³/mol. The van der Waals surface area contributed by atoms with Gasteiger partial charge in [0, 0.05) is 38.0 Å². The Balaban J connectivity index is 1.42. The zero-order valence-corrected chi connectivity index (χ0v) is 21.9. The van der Waals surface area contributed by atoms with E-state index in [0.717, 1.165) is 49.7 Å². The van der Waals surface area contributed by atoms with Crippen molar-refractivity contribution < 1.29 is 4.42 Å². The Morgan fingerprint density at radius 2 is 1.12 bits per heavy atom. The molecule has 4 aromatic heterocycles. The van der Waals surface area contributed by atoms with E-state index in [9.17, 15) is 0 Å². The predicted octanol–water partition coefficient (Wildman–Crippen LogP) is 9.79. The van der Waals surface area contributed by atoms with Gasteiger partial charge in [0.2, 0.25) is 0 Å². The molecule has 0 aliphatic heterocycles. The number of rotatable bonds is 1. The minimum atomic E-state index is 0.904. The third-order valence-electron chi connectivity index (χ3n) is 8.67. The van der Waals surface area contributed by atoms with Gasteiger partial charge in [-0.25, -0.2) is 4.98 Å². The lowest BCUT2D eigenvalue weighted by Crippen LogP contribution is -1.95. The highest BCUT2D eigenvalue weighted by atomic mass is 16.3. The van der Waals surface area contributed by atoms with Crippen molar-refractivity contribution in [1.29, 1.82) is 0 Å². The van der Waals surface area contributed by atoms with Crippen molar-refractivity contribution in [3.63, 3.8) is 0 Å². The minimum Gasteiger partial charge on any atom is -0.456 e. The van der Waals surface area contributed by atoms with Crippen molar-refractivity contribution in [1.82, 2.24) is 14.0 Å². The summed E-state index contributed by atoms with van der Waals surface area (Å²) in [5.74, 6) is 0. The number of aromatic nitrogens is 3. The molecule has 6 aromatic carbocycles. The average molecular weight is 524 g/mol. The number of imidazole rings is 1. The van der Waals surface area contributed by atoms with Gasteiger partial charge in [-0.3, -0.25) is 4.40 Å². The van der Waals surface area contributed by atoms with Crippen molar-refractivity contribution in [2.24, 2.45) is 0 Å². The number of para-hydroxylation sites is 4. The molecule has 0 fully saturated rings. The Bertz CT molecular complexity index is 2700. The Labute approximate surface area is 233 Å². The third-order valence-corrected chi connectivity index (χ3v) is 8.67. The Kier molecular flexibility index (Phi) is 3.90. The number of hydrogen-bond acceptors (Lipinski definition) is 2. The quantitative estimate of drug-likeness (QED) is 0.201. The lowest BCUT2D eigenvalue weighted by molar-refractivity contribution is 0.669. The van der Waals surface area contributed by atoms with E-state index < -0.39 is 0 Å². The van der Waals surface area contributed by atoms with Gasteiger partial charge in [0.05, 0.1) is 27.6 Å². The van der Waals surface area contributed by atoms with E-state index in [-0.39, 0.29) is 0 Å². The van der Waals surface area contributed by atoms with Crippen LogP contribution in [0.2, 0.25) is 0 Å². The third kappa shape index (κ3) is 2.66. The minimum absolute atomic E-state index is 0.904. The molecule has 4 heteroatoms. The number of fused-ring (bicyclic) bond motifs is 15. The number of pyridine rings is 1. The fourth-order valence-corrected chi connectivity index (χ4v) is 6.99. The van der Waals surface area contributed by atoms with Gasteiger partial charge in [-0.05, 0) is 60.0 Å². The van der Waals surface area contributed by atoms with Crippen molar-refractivity contribution in [2.45, 2.75) is 0 Å².